The lowest BCUT2D eigenvalue weighted by atomic mass is 9.67. The maximum Gasteiger partial charge on any atom is 0.310 e. The first kappa shape index (κ1) is 11.8. The Balaban J connectivity index is 1.78. The minimum Gasteiger partial charge on any atom is -0.459 e. The molecule has 3 saturated heterocycles. The van der Waals surface area contributed by atoms with Gasteiger partial charge in [-0.05, 0) is 60.1 Å². The van der Waals surface area contributed by atoms with Crippen LogP contribution in [0.3, 0.4) is 0 Å². The van der Waals surface area contributed by atoms with Crippen LogP contribution in [0.1, 0.15) is 40.7 Å². The number of aryl methyl sites for hydroxylation is 1. The molecule has 0 spiro atoms. The summed E-state index contributed by atoms with van der Waals surface area (Å²) in [5, 5.41) is 0. The average Bonchev–Trinajstić information content (AvgIpc) is 2.87. The van der Waals surface area contributed by atoms with Gasteiger partial charge in [0.05, 0.1) is 18.1 Å². The summed E-state index contributed by atoms with van der Waals surface area (Å²) >= 11 is 0. The van der Waals surface area contributed by atoms with E-state index in [1.165, 1.54) is 11.1 Å². The average molecular weight is 296 g/mol. The number of fused-ring (bicyclic) bond motifs is 2. The normalized spacial score (nSPS) is 45.1. The van der Waals surface area contributed by atoms with Gasteiger partial charge in [0.1, 0.15) is 6.10 Å². The number of hydrogen-bond acceptors (Lipinski definition) is 4. The Hall–Kier alpha value is -1.68. The summed E-state index contributed by atoms with van der Waals surface area (Å²) in [5.41, 5.74) is 4.67. The zero-order valence-electron chi connectivity index (χ0n) is 12.2. The van der Waals surface area contributed by atoms with Crippen molar-refractivity contribution in [1.82, 2.24) is 0 Å². The van der Waals surface area contributed by atoms with E-state index in [0.29, 0.717) is 0 Å². The monoisotopic (exact) mass is 296 g/mol. The third-order valence-electron chi connectivity index (χ3n) is 6.62. The van der Waals surface area contributed by atoms with E-state index in [1.807, 2.05) is 6.92 Å². The molecule has 3 aliphatic heterocycles. The highest BCUT2D eigenvalue weighted by atomic mass is 16.6. The SMILES string of the molecule is Cc1cc(=O)cc2c3c1[C@@H]1O[C@@H]4C[C@H](C2)[C@H]2C(=O)O[C@@H]4[C@@H]1[C@@H]32. The van der Waals surface area contributed by atoms with Gasteiger partial charge < -0.3 is 9.47 Å². The lowest BCUT2D eigenvalue weighted by Crippen LogP contribution is -2.44. The molecule has 3 aliphatic carbocycles. The Bertz CT molecular complexity index is 813. The van der Waals surface area contributed by atoms with Gasteiger partial charge in [-0.3, -0.25) is 9.59 Å². The Morgan fingerprint density at radius 2 is 2.00 bits per heavy atom. The smallest absolute Gasteiger partial charge is 0.310 e. The van der Waals surface area contributed by atoms with Crippen molar-refractivity contribution < 1.29 is 14.3 Å². The van der Waals surface area contributed by atoms with Crippen molar-refractivity contribution in [3.63, 3.8) is 0 Å². The molecule has 0 amide bonds. The first-order valence-corrected chi connectivity index (χ1v) is 8.17. The molecule has 6 bridgehead atoms. The predicted molar refractivity (Wildman–Crippen MR) is 76.5 cm³/mol. The van der Waals surface area contributed by atoms with Crippen molar-refractivity contribution in [2.24, 2.45) is 17.8 Å². The third kappa shape index (κ3) is 1.11. The third-order valence-corrected chi connectivity index (χ3v) is 6.62. The van der Waals surface area contributed by atoms with E-state index in [-0.39, 0.29) is 53.4 Å². The highest BCUT2D eigenvalue weighted by molar-refractivity contribution is 5.78. The molecule has 7 atom stereocenters. The molecule has 0 N–H and O–H groups in total. The van der Waals surface area contributed by atoms with Crippen LogP contribution in [0.4, 0.5) is 0 Å². The minimum absolute atomic E-state index is 0.00944. The second-order valence-electron chi connectivity index (χ2n) is 7.55. The van der Waals surface area contributed by atoms with Gasteiger partial charge in [0.15, 0.2) is 5.43 Å². The van der Waals surface area contributed by atoms with Crippen molar-refractivity contribution in [1.29, 1.82) is 0 Å². The topological polar surface area (TPSA) is 52.6 Å². The molecule has 0 aromatic heterocycles. The van der Waals surface area contributed by atoms with Crippen molar-refractivity contribution in [3.8, 4) is 0 Å². The molecule has 7 rings (SSSR count). The quantitative estimate of drug-likeness (QED) is 0.683. The van der Waals surface area contributed by atoms with Gasteiger partial charge in [-0.2, -0.15) is 0 Å². The summed E-state index contributed by atoms with van der Waals surface area (Å²) in [7, 11) is 0. The fourth-order valence-electron chi connectivity index (χ4n) is 6.08. The first-order chi connectivity index (χ1) is 10.6. The highest BCUT2D eigenvalue weighted by Gasteiger charge is 2.67. The molecule has 6 aliphatic rings. The summed E-state index contributed by atoms with van der Waals surface area (Å²) in [5.74, 6) is 0.677. The predicted octanol–water partition coefficient (Wildman–Crippen LogP) is 1.63. The van der Waals surface area contributed by atoms with Crippen molar-refractivity contribution >= 4 is 5.97 Å². The van der Waals surface area contributed by atoms with E-state index < -0.39 is 0 Å². The molecule has 112 valence electrons. The van der Waals surface area contributed by atoms with Crippen LogP contribution >= 0.6 is 0 Å². The second kappa shape index (κ2) is 3.46. The van der Waals surface area contributed by atoms with Gasteiger partial charge in [-0.15, -0.1) is 0 Å². The summed E-state index contributed by atoms with van der Waals surface area (Å²) in [4.78, 5) is 24.7. The van der Waals surface area contributed by atoms with E-state index in [2.05, 4.69) is 0 Å². The highest BCUT2D eigenvalue weighted by Crippen LogP contribution is 2.67. The number of hydrogen-bond donors (Lipinski definition) is 0. The van der Waals surface area contributed by atoms with Crippen LogP contribution in [0.25, 0.3) is 0 Å². The molecule has 4 nitrogen and oxygen atoms in total. The largest absolute Gasteiger partial charge is 0.459 e. The van der Waals surface area contributed by atoms with Crippen LogP contribution in [-0.4, -0.2) is 18.2 Å². The number of ether oxygens (including phenoxy) is 2. The molecule has 22 heavy (non-hydrogen) atoms. The Labute approximate surface area is 127 Å². The maximum atomic E-state index is 12.5. The maximum absolute atomic E-state index is 12.5. The zero-order chi connectivity index (χ0) is 14.7. The molecular weight excluding hydrogens is 280 g/mol. The number of rotatable bonds is 0. The van der Waals surface area contributed by atoms with Crippen LogP contribution in [-0.2, 0) is 20.7 Å². The van der Waals surface area contributed by atoms with Gasteiger partial charge in [-0.25, -0.2) is 0 Å². The Kier molecular flexibility index (Phi) is 1.86. The molecule has 3 heterocycles. The summed E-state index contributed by atoms with van der Waals surface area (Å²) in [6, 6.07) is 3.53. The minimum atomic E-state index is -0.0847. The first-order valence-electron chi connectivity index (χ1n) is 8.17. The molecule has 1 aromatic rings. The van der Waals surface area contributed by atoms with Crippen molar-refractivity contribution in [2.45, 2.75) is 44.0 Å². The van der Waals surface area contributed by atoms with E-state index in [0.717, 1.165) is 24.0 Å². The van der Waals surface area contributed by atoms with E-state index in [4.69, 9.17) is 9.47 Å². The van der Waals surface area contributed by atoms with E-state index in [9.17, 15) is 9.59 Å². The van der Waals surface area contributed by atoms with E-state index in [1.54, 1.807) is 12.1 Å². The summed E-state index contributed by atoms with van der Waals surface area (Å²) in [6.45, 7) is 2.00. The fourth-order valence-corrected chi connectivity index (χ4v) is 6.08. The molecular formula is C18H16O4. The Morgan fingerprint density at radius 3 is 2.86 bits per heavy atom. The zero-order valence-corrected chi connectivity index (χ0v) is 12.2. The van der Waals surface area contributed by atoms with Gasteiger partial charge in [-0.1, -0.05) is 0 Å². The molecule has 1 aromatic carbocycles. The summed E-state index contributed by atoms with van der Waals surface area (Å²) in [6.07, 6.45) is 1.67. The van der Waals surface area contributed by atoms with Crippen LogP contribution in [0, 0.1) is 24.7 Å². The molecule has 1 saturated carbocycles. The van der Waals surface area contributed by atoms with Crippen LogP contribution < -0.4 is 5.43 Å². The van der Waals surface area contributed by atoms with Gasteiger partial charge in [0.2, 0.25) is 0 Å². The van der Waals surface area contributed by atoms with Crippen LogP contribution in [0.15, 0.2) is 16.9 Å². The fraction of sp³-hybridized carbons (Fsp3) is 0.556. The summed E-state index contributed by atoms with van der Waals surface area (Å²) < 4.78 is 12.1. The molecule has 0 unspecified atom stereocenters. The van der Waals surface area contributed by atoms with Crippen molar-refractivity contribution in [2.75, 3.05) is 0 Å². The lowest BCUT2D eigenvalue weighted by Gasteiger charge is -2.40. The van der Waals surface area contributed by atoms with Gasteiger partial charge in [0.25, 0.3) is 0 Å². The number of esters is 1. The molecule has 4 heteroatoms. The van der Waals surface area contributed by atoms with Gasteiger partial charge in [0, 0.05) is 11.8 Å². The lowest BCUT2D eigenvalue weighted by molar-refractivity contribution is -0.166. The second-order valence-corrected chi connectivity index (χ2v) is 7.55. The molecule has 4 fully saturated rings. The van der Waals surface area contributed by atoms with Crippen molar-refractivity contribution in [3.05, 3.63) is 44.6 Å². The number of carbonyl (C=O) groups is 1. The number of carbonyl (C=O) groups excluding carboxylic acids is 1. The van der Waals surface area contributed by atoms with E-state index >= 15 is 0 Å². The standard InChI is InChI=1S/C18H16O4/c1-6-2-9(19)4-7-3-8-5-10-16-15-14(13(8)18(20)22-16)12(7)11(6)17(15)21-10/h2,4,8,10,13-17H,3,5H2,1H3/t8-,10+,13+,14-,15-,16-,17-/m0/s1. The van der Waals surface area contributed by atoms with Crippen LogP contribution in [0.2, 0.25) is 0 Å². The van der Waals surface area contributed by atoms with Crippen LogP contribution in [0.5, 0.6) is 0 Å². The molecule has 0 radical (unpaired) electrons. The van der Waals surface area contributed by atoms with Gasteiger partial charge >= 0.3 is 5.97 Å². The Morgan fingerprint density at radius 1 is 1.14 bits per heavy atom.